The van der Waals surface area contributed by atoms with Gasteiger partial charge in [0, 0.05) is 21.9 Å². The van der Waals surface area contributed by atoms with Crippen molar-refractivity contribution in [2.45, 2.75) is 25.9 Å². The maximum absolute atomic E-state index is 3.72. The molecule has 0 aliphatic rings. The second kappa shape index (κ2) is 6.05. The molecule has 1 N–H and O–H groups in total. The largest absolute Gasteiger partial charge is 0.309 e. The first-order chi connectivity index (χ1) is 6.63. The topological polar surface area (TPSA) is 12.0 Å². The Labute approximate surface area is 106 Å². The lowest BCUT2D eigenvalue weighted by molar-refractivity contribution is 0.557. The quantitative estimate of drug-likeness (QED) is 0.788. The van der Waals surface area contributed by atoms with Crippen LogP contribution >= 0.6 is 43.2 Å². The number of halogens is 2. The molecule has 0 amide bonds. The van der Waals surface area contributed by atoms with Gasteiger partial charge >= 0.3 is 0 Å². The van der Waals surface area contributed by atoms with Gasteiger partial charge in [0.15, 0.2) is 0 Å². The Morgan fingerprint density at radius 3 is 2.86 bits per heavy atom. The first-order valence-electron chi connectivity index (χ1n) is 4.41. The molecule has 1 rings (SSSR count). The molecule has 0 saturated heterocycles. The lowest BCUT2D eigenvalue weighted by Gasteiger charge is -2.09. The predicted molar refractivity (Wildman–Crippen MR) is 70.8 cm³/mol. The average Bonchev–Trinajstić information content (AvgIpc) is 2.44. The van der Waals surface area contributed by atoms with Crippen molar-refractivity contribution < 1.29 is 0 Å². The monoisotopic (exact) mass is 337 g/mol. The Balaban J connectivity index is 2.41. The summed E-state index contributed by atoms with van der Waals surface area (Å²) in [6.07, 6.45) is 2.95. The second-order valence-electron chi connectivity index (χ2n) is 3.14. The number of hydrogen-bond donors (Lipinski definition) is 1. The maximum atomic E-state index is 3.72. The highest BCUT2D eigenvalue weighted by Gasteiger charge is 2.05. The van der Waals surface area contributed by atoms with Crippen LogP contribution in [0.5, 0.6) is 0 Å². The van der Waals surface area contributed by atoms with Gasteiger partial charge < -0.3 is 5.32 Å². The van der Waals surface area contributed by atoms with Gasteiger partial charge in [-0.15, -0.1) is 17.9 Å². The van der Waals surface area contributed by atoms with E-state index in [1.807, 2.05) is 6.08 Å². The van der Waals surface area contributed by atoms with Crippen LogP contribution in [0.15, 0.2) is 27.0 Å². The summed E-state index contributed by atoms with van der Waals surface area (Å²) >= 11 is 8.71. The zero-order valence-corrected chi connectivity index (χ0v) is 12.0. The molecule has 0 radical (unpaired) electrons. The maximum Gasteiger partial charge on any atom is 0.0843 e. The minimum atomic E-state index is 0.493. The van der Waals surface area contributed by atoms with E-state index in [0.29, 0.717) is 6.04 Å². The summed E-state index contributed by atoms with van der Waals surface area (Å²) in [5, 5.41) is 3.44. The molecule has 1 unspecified atom stereocenters. The molecule has 1 heterocycles. The summed E-state index contributed by atoms with van der Waals surface area (Å²) in [7, 11) is 0. The molecule has 0 spiro atoms. The zero-order chi connectivity index (χ0) is 10.6. The highest BCUT2D eigenvalue weighted by atomic mass is 79.9. The molecule has 78 valence electrons. The first-order valence-corrected chi connectivity index (χ1v) is 6.81. The summed E-state index contributed by atoms with van der Waals surface area (Å²) < 4.78 is 2.29. The molecule has 1 aromatic heterocycles. The van der Waals surface area contributed by atoms with Crippen molar-refractivity contribution in [3.8, 4) is 0 Å². The Morgan fingerprint density at radius 1 is 1.64 bits per heavy atom. The van der Waals surface area contributed by atoms with E-state index >= 15 is 0 Å². The zero-order valence-electron chi connectivity index (χ0n) is 8.02. The first kappa shape index (κ1) is 12.4. The van der Waals surface area contributed by atoms with Crippen LogP contribution in [0, 0.1) is 0 Å². The van der Waals surface area contributed by atoms with Crippen LogP contribution in [0.2, 0.25) is 0 Å². The van der Waals surface area contributed by atoms with Crippen LogP contribution in [0.25, 0.3) is 0 Å². The van der Waals surface area contributed by atoms with E-state index in [0.717, 1.165) is 21.2 Å². The van der Waals surface area contributed by atoms with E-state index in [2.05, 4.69) is 56.7 Å². The Kier molecular flexibility index (Phi) is 5.38. The van der Waals surface area contributed by atoms with Crippen molar-refractivity contribution in [1.82, 2.24) is 5.32 Å². The minimum Gasteiger partial charge on any atom is -0.309 e. The van der Waals surface area contributed by atoms with Gasteiger partial charge in [-0.05, 0) is 51.3 Å². The Morgan fingerprint density at radius 2 is 2.36 bits per heavy atom. The predicted octanol–water partition coefficient (Wildman–Crippen LogP) is 4.33. The molecule has 14 heavy (non-hydrogen) atoms. The summed E-state index contributed by atoms with van der Waals surface area (Å²) in [6, 6.07) is 2.63. The Bertz CT molecular complexity index is 290. The Hall–Kier alpha value is 0.360. The molecule has 4 heteroatoms. The van der Waals surface area contributed by atoms with Crippen LogP contribution in [-0.2, 0) is 6.54 Å². The van der Waals surface area contributed by atoms with Crippen molar-refractivity contribution in [3.05, 3.63) is 31.9 Å². The molecule has 0 aliphatic heterocycles. The third-order valence-electron chi connectivity index (χ3n) is 1.84. The van der Waals surface area contributed by atoms with Crippen LogP contribution in [-0.4, -0.2) is 6.04 Å². The highest BCUT2D eigenvalue weighted by Crippen LogP contribution is 2.32. The van der Waals surface area contributed by atoms with Gasteiger partial charge in [-0.3, -0.25) is 0 Å². The van der Waals surface area contributed by atoms with Crippen molar-refractivity contribution in [2.24, 2.45) is 0 Å². The number of thiophene rings is 1. The van der Waals surface area contributed by atoms with E-state index in [-0.39, 0.29) is 0 Å². The summed E-state index contributed by atoms with van der Waals surface area (Å²) in [5.41, 5.74) is 0. The molecule has 0 bridgehead atoms. The van der Waals surface area contributed by atoms with Gasteiger partial charge in [-0.25, -0.2) is 0 Å². The van der Waals surface area contributed by atoms with E-state index in [4.69, 9.17) is 0 Å². The fourth-order valence-electron chi connectivity index (χ4n) is 1.09. The SMILES string of the molecule is C=CCC(C)NCc1cc(Br)c(Br)s1. The number of rotatable bonds is 5. The molecule has 0 aliphatic carbocycles. The van der Waals surface area contributed by atoms with Crippen LogP contribution in [0.4, 0.5) is 0 Å². The number of nitrogens with one attached hydrogen (secondary N) is 1. The lowest BCUT2D eigenvalue weighted by atomic mass is 10.2. The van der Waals surface area contributed by atoms with Crippen LogP contribution in [0.3, 0.4) is 0 Å². The summed E-state index contributed by atoms with van der Waals surface area (Å²) in [5.74, 6) is 0. The molecule has 1 nitrogen and oxygen atoms in total. The second-order valence-corrected chi connectivity index (χ2v) is 6.45. The van der Waals surface area contributed by atoms with Crippen molar-refractivity contribution >= 4 is 43.2 Å². The van der Waals surface area contributed by atoms with Gasteiger partial charge in [0.2, 0.25) is 0 Å². The number of hydrogen-bond acceptors (Lipinski definition) is 2. The average molecular weight is 339 g/mol. The molecule has 0 aromatic carbocycles. The fraction of sp³-hybridized carbons (Fsp3) is 0.400. The normalized spacial score (nSPS) is 12.8. The van der Waals surface area contributed by atoms with Gasteiger partial charge in [-0.2, -0.15) is 0 Å². The molecule has 1 atom stereocenters. The summed E-state index contributed by atoms with van der Waals surface area (Å²) in [6.45, 7) is 6.81. The van der Waals surface area contributed by atoms with E-state index < -0.39 is 0 Å². The van der Waals surface area contributed by atoms with Crippen molar-refractivity contribution in [1.29, 1.82) is 0 Å². The molecular formula is C10H13Br2NS. The molecular weight excluding hydrogens is 326 g/mol. The van der Waals surface area contributed by atoms with Crippen LogP contribution < -0.4 is 5.32 Å². The molecule has 0 saturated carbocycles. The standard InChI is InChI=1S/C10H13Br2NS/c1-3-4-7(2)13-6-8-5-9(11)10(12)14-8/h3,5,7,13H,1,4,6H2,2H3. The van der Waals surface area contributed by atoms with Crippen molar-refractivity contribution in [3.63, 3.8) is 0 Å². The minimum absolute atomic E-state index is 0.493. The third-order valence-corrected chi connectivity index (χ3v) is 5.10. The fourth-order valence-corrected chi connectivity index (χ4v) is 3.21. The van der Waals surface area contributed by atoms with Crippen molar-refractivity contribution in [2.75, 3.05) is 0 Å². The van der Waals surface area contributed by atoms with Gasteiger partial charge in [0.25, 0.3) is 0 Å². The van der Waals surface area contributed by atoms with Gasteiger partial charge in [-0.1, -0.05) is 6.08 Å². The van der Waals surface area contributed by atoms with Crippen LogP contribution in [0.1, 0.15) is 18.2 Å². The van der Waals surface area contributed by atoms with E-state index in [1.54, 1.807) is 11.3 Å². The molecule has 1 aromatic rings. The highest BCUT2D eigenvalue weighted by molar-refractivity contribution is 9.13. The smallest absolute Gasteiger partial charge is 0.0843 e. The molecule has 0 fully saturated rings. The summed E-state index contributed by atoms with van der Waals surface area (Å²) in [4.78, 5) is 1.33. The third kappa shape index (κ3) is 3.85. The van der Waals surface area contributed by atoms with Gasteiger partial charge in [0.05, 0.1) is 3.79 Å². The lowest BCUT2D eigenvalue weighted by Crippen LogP contribution is -2.24. The van der Waals surface area contributed by atoms with Gasteiger partial charge in [0.1, 0.15) is 0 Å². The van der Waals surface area contributed by atoms with E-state index in [1.165, 1.54) is 4.88 Å². The van der Waals surface area contributed by atoms with E-state index in [9.17, 15) is 0 Å².